The number of hydrogen-bond donors (Lipinski definition) is 2. The molecule has 2 aromatic rings. The molecule has 0 atom stereocenters. The minimum absolute atomic E-state index is 0.876. The first-order chi connectivity index (χ1) is 5.81. The maximum absolute atomic E-state index is 5.26. The van der Waals surface area contributed by atoms with Gasteiger partial charge in [-0.2, -0.15) is 0 Å². The molecule has 1 aromatic heterocycles. The van der Waals surface area contributed by atoms with E-state index in [-0.39, 0.29) is 0 Å². The Labute approximate surface area is 70.0 Å². The fourth-order valence-corrected chi connectivity index (χ4v) is 1.23. The van der Waals surface area contributed by atoms with Gasteiger partial charge in [0, 0.05) is 7.05 Å². The summed E-state index contributed by atoms with van der Waals surface area (Å²) in [6, 6.07) is 5.82. The molecule has 0 radical (unpaired) electrons. The van der Waals surface area contributed by atoms with E-state index in [2.05, 4.69) is 10.4 Å². The van der Waals surface area contributed by atoms with Crippen LogP contribution in [0.1, 0.15) is 0 Å². The Morgan fingerprint density at radius 2 is 2.33 bits per heavy atom. The van der Waals surface area contributed by atoms with Crippen molar-refractivity contribution in [2.75, 3.05) is 5.43 Å². The summed E-state index contributed by atoms with van der Waals surface area (Å²) in [6.07, 6.45) is 1.78. The summed E-state index contributed by atoms with van der Waals surface area (Å²) in [5, 5.41) is 0. The molecule has 0 unspecified atom stereocenters. The predicted octanol–water partition coefficient (Wildman–Crippen LogP) is 0.859. The van der Waals surface area contributed by atoms with Gasteiger partial charge in [0.25, 0.3) is 0 Å². The second-order valence-corrected chi connectivity index (χ2v) is 2.70. The van der Waals surface area contributed by atoms with E-state index in [1.165, 1.54) is 0 Å². The van der Waals surface area contributed by atoms with E-state index in [9.17, 15) is 0 Å². The van der Waals surface area contributed by atoms with Crippen LogP contribution in [0.5, 0.6) is 0 Å². The third kappa shape index (κ3) is 0.931. The lowest BCUT2D eigenvalue weighted by atomic mass is 10.3. The molecule has 12 heavy (non-hydrogen) atoms. The lowest BCUT2D eigenvalue weighted by Crippen LogP contribution is -2.06. The van der Waals surface area contributed by atoms with Crippen molar-refractivity contribution in [2.45, 2.75) is 0 Å². The molecule has 0 spiro atoms. The van der Waals surface area contributed by atoms with Crippen molar-refractivity contribution < 1.29 is 0 Å². The van der Waals surface area contributed by atoms with E-state index in [0.29, 0.717) is 0 Å². The molecule has 0 saturated carbocycles. The SMILES string of the molecule is Cn1cnc2cc(NN)ccc21. The Hall–Kier alpha value is -1.55. The van der Waals surface area contributed by atoms with E-state index in [4.69, 9.17) is 5.84 Å². The number of aromatic nitrogens is 2. The Morgan fingerprint density at radius 1 is 1.50 bits per heavy atom. The number of nitrogen functional groups attached to an aromatic ring is 1. The number of nitrogens with zero attached hydrogens (tertiary/aromatic N) is 2. The fraction of sp³-hybridized carbons (Fsp3) is 0.125. The molecule has 1 aromatic carbocycles. The van der Waals surface area contributed by atoms with Crippen LogP contribution in [0.15, 0.2) is 24.5 Å². The van der Waals surface area contributed by atoms with Crippen LogP contribution in [0, 0.1) is 0 Å². The number of fused-ring (bicyclic) bond motifs is 1. The predicted molar refractivity (Wildman–Crippen MR) is 48.5 cm³/mol. The molecule has 62 valence electrons. The van der Waals surface area contributed by atoms with E-state index < -0.39 is 0 Å². The van der Waals surface area contributed by atoms with E-state index in [1.54, 1.807) is 6.33 Å². The number of rotatable bonds is 1. The van der Waals surface area contributed by atoms with Crippen LogP contribution in [0.25, 0.3) is 11.0 Å². The Balaban J connectivity index is 2.69. The first-order valence-corrected chi connectivity index (χ1v) is 3.69. The van der Waals surface area contributed by atoms with E-state index >= 15 is 0 Å². The van der Waals surface area contributed by atoms with Gasteiger partial charge in [-0.15, -0.1) is 0 Å². The Morgan fingerprint density at radius 3 is 3.08 bits per heavy atom. The highest BCUT2D eigenvalue weighted by Gasteiger charge is 1.98. The lowest BCUT2D eigenvalue weighted by Gasteiger charge is -1.98. The Kier molecular flexibility index (Phi) is 1.48. The highest BCUT2D eigenvalue weighted by atomic mass is 15.2. The number of nitrogens with two attached hydrogens (primary N) is 1. The molecule has 4 heteroatoms. The standard InChI is InChI=1S/C8H10N4/c1-12-5-10-7-4-6(11-9)2-3-8(7)12/h2-5,11H,9H2,1H3. The third-order valence-electron chi connectivity index (χ3n) is 1.89. The monoisotopic (exact) mass is 162 g/mol. The molecule has 4 nitrogen and oxygen atoms in total. The number of aryl methyl sites for hydroxylation is 1. The second-order valence-electron chi connectivity index (χ2n) is 2.70. The summed E-state index contributed by atoms with van der Waals surface area (Å²) in [5.41, 5.74) is 5.51. The normalized spacial score (nSPS) is 10.5. The quantitative estimate of drug-likeness (QED) is 0.483. The van der Waals surface area contributed by atoms with E-state index in [0.717, 1.165) is 16.7 Å². The maximum atomic E-state index is 5.26. The average Bonchev–Trinajstić information content (AvgIpc) is 2.47. The van der Waals surface area contributed by atoms with Gasteiger partial charge in [-0.05, 0) is 18.2 Å². The first-order valence-electron chi connectivity index (χ1n) is 3.69. The molecule has 0 aliphatic carbocycles. The molecule has 0 fully saturated rings. The van der Waals surface area contributed by atoms with Crippen LogP contribution in [0.2, 0.25) is 0 Å². The van der Waals surface area contributed by atoms with Gasteiger partial charge in [-0.25, -0.2) is 4.98 Å². The average molecular weight is 162 g/mol. The minimum Gasteiger partial charge on any atom is -0.334 e. The smallest absolute Gasteiger partial charge is 0.0955 e. The first kappa shape index (κ1) is 7.12. The van der Waals surface area contributed by atoms with Crippen molar-refractivity contribution in [1.82, 2.24) is 9.55 Å². The highest BCUT2D eigenvalue weighted by Crippen LogP contribution is 2.15. The largest absolute Gasteiger partial charge is 0.334 e. The van der Waals surface area contributed by atoms with Gasteiger partial charge in [0.15, 0.2) is 0 Å². The lowest BCUT2D eigenvalue weighted by molar-refractivity contribution is 0.948. The van der Waals surface area contributed by atoms with Gasteiger partial charge in [0.2, 0.25) is 0 Å². The second kappa shape index (κ2) is 2.49. The Bertz CT molecular complexity index is 404. The highest BCUT2D eigenvalue weighted by molar-refractivity contribution is 5.79. The summed E-state index contributed by atoms with van der Waals surface area (Å²) in [5.74, 6) is 5.26. The van der Waals surface area contributed by atoms with Crippen LogP contribution < -0.4 is 11.3 Å². The molecule has 0 bridgehead atoms. The van der Waals surface area contributed by atoms with Gasteiger partial charge in [-0.3, -0.25) is 5.84 Å². The van der Waals surface area contributed by atoms with Gasteiger partial charge >= 0.3 is 0 Å². The zero-order valence-electron chi connectivity index (χ0n) is 6.78. The van der Waals surface area contributed by atoms with Crippen molar-refractivity contribution in [1.29, 1.82) is 0 Å². The van der Waals surface area contributed by atoms with Gasteiger partial charge in [0.1, 0.15) is 0 Å². The van der Waals surface area contributed by atoms with Crippen LogP contribution in [-0.2, 0) is 7.05 Å². The van der Waals surface area contributed by atoms with Crippen molar-refractivity contribution in [3.63, 3.8) is 0 Å². The van der Waals surface area contributed by atoms with Crippen LogP contribution in [-0.4, -0.2) is 9.55 Å². The van der Waals surface area contributed by atoms with Crippen molar-refractivity contribution >= 4 is 16.7 Å². The van der Waals surface area contributed by atoms with E-state index in [1.807, 2.05) is 29.8 Å². The van der Waals surface area contributed by atoms with Crippen molar-refractivity contribution in [3.05, 3.63) is 24.5 Å². The molecular weight excluding hydrogens is 152 g/mol. The topological polar surface area (TPSA) is 55.9 Å². The number of nitrogens with one attached hydrogen (secondary N) is 1. The summed E-state index contributed by atoms with van der Waals surface area (Å²) in [6.45, 7) is 0. The van der Waals surface area contributed by atoms with Crippen LogP contribution in [0.4, 0.5) is 5.69 Å². The van der Waals surface area contributed by atoms with Crippen molar-refractivity contribution in [2.24, 2.45) is 12.9 Å². The summed E-state index contributed by atoms with van der Waals surface area (Å²) in [4.78, 5) is 4.19. The van der Waals surface area contributed by atoms with Gasteiger partial charge in [-0.1, -0.05) is 0 Å². The molecular formula is C8H10N4. The molecule has 0 saturated heterocycles. The zero-order valence-corrected chi connectivity index (χ0v) is 6.78. The number of hydrogen-bond acceptors (Lipinski definition) is 3. The minimum atomic E-state index is 0.876. The molecule has 1 heterocycles. The third-order valence-corrected chi connectivity index (χ3v) is 1.89. The summed E-state index contributed by atoms with van der Waals surface area (Å²) < 4.78 is 1.97. The molecule has 3 N–H and O–H groups in total. The molecule has 2 rings (SSSR count). The van der Waals surface area contributed by atoms with Gasteiger partial charge in [0.05, 0.1) is 23.0 Å². The zero-order chi connectivity index (χ0) is 8.55. The number of hydrazine groups is 1. The fourth-order valence-electron chi connectivity index (χ4n) is 1.23. The summed E-state index contributed by atoms with van der Waals surface area (Å²) >= 11 is 0. The van der Waals surface area contributed by atoms with Gasteiger partial charge < -0.3 is 9.99 Å². The van der Waals surface area contributed by atoms with Crippen LogP contribution >= 0.6 is 0 Å². The molecule has 0 aliphatic heterocycles. The number of benzene rings is 1. The number of anilines is 1. The summed E-state index contributed by atoms with van der Waals surface area (Å²) in [7, 11) is 1.96. The number of imidazole rings is 1. The van der Waals surface area contributed by atoms with Crippen molar-refractivity contribution in [3.8, 4) is 0 Å². The molecule has 0 amide bonds. The van der Waals surface area contributed by atoms with Crippen LogP contribution in [0.3, 0.4) is 0 Å². The maximum Gasteiger partial charge on any atom is 0.0955 e. The molecule has 0 aliphatic rings.